The lowest BCUT2D eigenvalue weighted by Gasteiger charge is -2.29. The van der Waals surface area contributed by atoms with E-state index >= 15 is 0 Å². The van der Waals surface area contributed by atoms with Crippen molar-refractivity contribution in [1.29, 1.82) is 0 Å². The quantitative estimate of drug-likeness (QED) is 0.637. The molecule has 0 aliphatic heterocycles. The molecule has 0 radical (unpaired) electrons. The highest BCUT2D eigenvalue weighted by Gasteiger charge is 2.33. The summed E-state index contributed by atoms with van der Waals surface area (Å²) < 4.78 is 0. The lowest BCUT2D eigenvalue weighted by atomic mass is 10.4. The summed E-state index contributed by atoms with van der Waals surface area (Å²) in [5.74, 6) is 0. The molecule has 2 rings (SSSR count). The summed E-state index contributed by atoms with van der Waals surface area (Å²) in [4.78, 5) is 0. The molecule has 0 amide bonds. The molecule has 0 bridgehead atoms. The van der Waals surface area contributed by atoms with Crippen molar-refractivity contribution in [2.45, 2.75) is 32.1 Å². The first-order valence-corrected chi connectivity index (χ1v) is 14.3. The Morgan fingerprint density at radius 1 is 0.826 bits per heavy atom. The van der Waals surface area contributed by atoms with Crippen molar-refractivity contribution in [3.63, 3.8) is 0 Å². The van der Waals surface area contributed by atoms with E-state index in [0.29, 0.717) is 0 Å². The van der Waals surface area contributed by atoms with E-state index in [2.05, 4.69) is 104 Å². The summed E-state index contributed by atoms with van der Waals surface area (Å²) in [6.07, 6.45) is 3.54. The molecule has 0 fully saturated rings. The average molecular weight is 337 g/mol. The lowest BCUT2D eigenvalue weighted by molar-refractivity contribution is 1.18. The molecule has 0 saturated carbocycles. The van der Waals surface area contributed by atoms with Gasteiger partial charge in [0.15, 0.2) is 0 Å². The van der Waals surface area contributed by atoms with Crippen LogP contribution in [-0.4, -0.2) is 16.1 Å². The molecule has 0 saturated heterocycles. The number of rotatable bonds is 7. The highest BCUT2D eigenvalue weighted by atomic mass is 28.3. The maximum atomic E-state index is 4.26. The first-order chi connectivity index (χ1) is 11.0. The largest absolute Gasteiger partial charge is 0.141 e. The second-order valence-corrected chi connectivity index (χ2v) is 16.3. The second kappa shape index (κ2) is 7.76. The van der Waals surface area contributed by atoms with Crippen molar-refractivity contribution in [1.82, 2.24) is 0 Å². The Morgan fingerprint density at radius 2 is 1.30 bits per heavy atom. The normalized spacial score (nSPS) is 12.5. The maximum Gasteiger partial charge on any atom is 0.141 e. The van der Waals surface area contributed by atoms with Crippen LogP contribution in [0.2, 0.25) is 25.7 Å². The standard InChI is InChI=1S/C21H28Si2/c1-5-23(20-14-8-6-9-15-20,21-16-10-7-11-17-21)19-13-12-18-22(2,3)4/h5-12,14-18H,1,13,19H2,2-4H3/b18-12+. The SMILES string of the molecule is C=C[Si](CC/C=C/[Si](C)(C)C)(c1ccccc1)c1ccccc1. The minimum atomic E-state index is -1.89. The molecule has 0 atom stereocenters. The fraction of sp³-hybridized carbons (Fsp3) is 0.238. The molecule has 0 N–H and O–H groups in total. The van der Waals surface area contributed by atoms with Crippen molar-refractivity contribution >= 4 is 26.5 Å². The Balaban J connectivity index is 2.36. The van der Waals surface area contributed by atoms with Gasteiger partial charge in [-0.15, -0.1) is 6.58 Å². The topological polar surface area (TPSA) is 0 Å². The predicted octanol–water partition coefficient (Wildman–Crippen LogP) is 4.80. The van der Waals surface area contributed by atoms with E-state index in [1.54, 1.807) is 0 Å². The third-order valence-corrected chi connectivity index (χ3v) is 9.99. The van der Waals surface area contributed by atoms with Gasteiger partial charge in [-0.2, -0.15) is 0 Å². The van der Waals surface area contributed by atoms with Crippen LogP contribution in [0.3, 0.4) is 0 Å². The molecular weight excluding hydrogens is 308 g/mol. The molecule has 0 spiro atoms. The summed E-state index contributed by atoms with van der Waals surface area (Å²) in [5.41, 5.74) is 4.73. The average Bonchev–Trinajstić information content (AvgIpc) is 2.56. The highest BCUT2D eigenvalue weighted by molar-refractivity contribution is 7.05. The Bertz CT molecular complexity index is 597. The number of hydrogen-bond acceptors (Lipinski definition) is 0. The van der Waals surface area contributed by atoms with Gasteiger partial charge < -0.3 is 0 Å². The van der Waals surface area contributed by atoms with Crippen molar-refractivity contribution in [2.75, 3.05) is 0 Å². The molecule has 2 aromatic carbocycles. The van der Waals surface area contributed by atoms with Gasteiger partial charge in [0.2, 0.25) is 0 Å². The predicted molar refractivity (Wildman–Crippen MR) is 110 cm³/mol. The van der Waals surface area contributed by atoms with Crippen LogP contribution in [0.25, 0.3) is 0 Å². The molecule has 23 heavy (non-hydrogen) atoms. The van der Waals surface area contributed by atoms with Gasteiger partial charge in [-0.3, -0.25) is 0 Å². The van der Waals surface area contributed by atoms with Crippen LogP contribution in [0.4, 0.5) is 0 Å². The molecule has 0 heterocycles. The Hall–Kier alpha value is -1.65. The van der Waals surface area contributed by atoms with Gasteiger partial charge in [-0.1, -0.05) is 97.8 Å². The van der Waals surface area contributed by atoms with Crippen LogP contribution in [-0.2, 0) is 0 Å². The lowest BCUT2D eigenvalue weighted by Crippen LogP contribution is -2.56. The Labute approximate surface area is 143 Å². The number of allylic oxidation sites excluding steroid dienone is 1. The van der Waals surface area contributed by atoms with Gasteiger partial charge in [0, 0.05) is 0 Å². The van der Waals surface area contributed by atoms with Crippen molar-refractivity contribution < 1.29 is 0 Å². The first-order valence-electron chi connectivity index (χ1n) is 8.40. The number of benzene rings is 2. The molecule has 0 nitrogen and oxygen atoms in total. The van der Waals surface area contributed by atoms with Gasteiger partial charge in [0.05, 0.1) is 8.07 Å². The third-order valence-electron chi connectivity index (χ3n) is 4.25. The summed E-state index contributed by atoms with van der Waals surface area (Å²) in [5, 5.41) is 2.92. The highest BCUT2D eigenvalue weighted by Crippen LogP contribution is 2.16. The van der Waals surface area contributed by atoms with Crippen molar-refractivity contribution in [3.05, 3.63) is 84.7 Å². The van der Waals surface area contributed by atoms with Crippen LogP contribution in [0.5, 0.6) is 0 Å². The summed E-state index contributed by atoms with van der Waals surface area (Å²) in [7, 11) is -3.00. The van der Waals surface area contributed by atoms with Gasteiger partial charge in [0.25, 0.3) is 0 Å². The van der Waals surface area contributed by atoms with Gasteiger partial charge in [0.1, 0.15) is 8.07 Å². The summed E-state index contributed by atoms with van der Waals surface area (Å²) in [6.45, 7) is 11.4. The fourth-order valence-corrected chi connectivity index (χ4v) is 7.67. The summed E-state index contributed by atoms with van der Waals surface area (Å²) in [6, 6.07) is 23.1. The van der Waals surface area contributed by atoms with Crippen molar-refractivity contribution in [2.24, 2.45) is 0 Å². The van der Waals surface area contributed by atoms with E-state index in [9.17, 15) is 0 Å². The zero-order valence-electron chi connectivity index (χ0n) is 14.6. The minimum absolute atomic E-state index is 1.11. The van der Waals surface area contributed by atoms with Crippen LogP contribution in [0.15, 0.2) is 84.7 Å². The van der Waals surface area contributed by atoms with Gasteiger partial charge >= 0.3 is 0 Å². The van der Waals surface area contributed by atoms with E-state index < -0.39 is 16.1 Å². The van der Waals surface area contributed by atoms with Crippen LogP contribution in [0, 0.1) is 0 Å². The fourth-order valence-electron chi connectivity index (χ4n) is 3.01. The molecule has 0 aliphatic rings. The summed E-state index contributed by atoms with van der Waals surface area (Å²) >= 11 is 0. The van der Waals surface area contributed by atoms with E-state index in [1.165, 1.54) is 16.4 Å². The van der Waals surface area contributed by atoms with Crippen LogP contribution in [0.1, 0.15) is 6.42 Å². The van der Waals surface area contributed by atoms with E-state index in [0.717, 1.165) is 6.42 Å². The zero-order valence-corrected chi connectivity index (χ0v) is 16.6. The zero-order chi connectivity index (χ0) is 16.8. The molecular formula is C21H28Si2. The molecule has 0 aliphatic carbocycles. The third kappa shape index (κ3) is 4.66. The second-order valence-electron chi connectivity index (χ2n) is 7.21. The van der Waals surface area contributed by atoms with Crippen LogP contribution >= 0.6 is 0 Å². The van der Waals surface area contributed by atoms with E-state index in [1.807, 2.05) is 0 Å². The molecule has 0 unspecified atom stereocenters. The molecule has 120 valence electrons. The van der Waals surface area contributed by atoms with Gasteiger partial charge in [-0.05, 0) is 22.8 Å². The number of hydrogen-bond donors (Lipinski definition) is 0. The van der Waals surface area contributed by atoms with Gasteiger partial charge in [-0.25, -0.2) is 0 Å². The van der Waals surface area contributed by atoms with Crippen molar-refractivity contribution in [3.8, 4) is 0 Å². The Kier molecular flexibility index (Phi) is 5.97. The van der Waals surface area contributed by atoms with E-state index in [4.69, 9.17) is 0 Å². The Morgan fingerprint density at radius 3 is 1.70 bits per heavy atom. The minimum Gasteiger partial charge on any atom is -0.106 e. The molecule has 2 heteroatoms. The maximum absolute atomic E-state index is 4.26. The monoisotopic (exact) mass is 336 g/mol. The van der Waals surface area contributed by atoms with E-state index in [-0.39, 0.29) is 0 Å². The smallest absolute Gasteiger partial charge is 0.106 e. The molecule has 2 aromatic rings. The van der Waals surface area contributed by atoms with Crippen LogP contribution < -0.4 is 10.4 Å². The molecule has 0 aromatic heterocycles. The first kappa shape index (κ1) is 17.7.